The number of ketones is 1. The molecular formula is C17H22N2O4. The number of nitrogens with one attached hydrogen (secondary N) is 1. The van der Waals surface area contributed by atoms with Gasteiger partial charge in [-0.15, -0.1) is 0 Å². The van der Waals surface area contributed by atoms with Gasteiger partial charge in [-0.2, -0.15) is 0 Å². The molecule has 1 aliphatic rings. The Labute approximate surface area is 135 Å². The molecular weight excluding hydrogens is 296 g/mol. The molecule has 0 atom stereocenters. The quantitative estimate of drug-likeness (QED) is 0.842. The number of Topliss-reactive ketones (excluding diaryl/α,β-unsaturated/α-hetero) is 1. The van der Waals surface area contributed by atoms with Crippen molar-refractivity contribution in [2.75, 3.05) is 18.5 Å². The summed E-state index contributed by atoms with van der Waals surface area (Å²) in [5, 5.41) is 2.51. The lowest BCUT2D eigenvalue weighted by Gasteiger charge is -2.38. The predicted octanol–water partition coefficient (Wildman–Crippen LogP) is 1.92. The van der Waals surface area contributed by atoms with E-state index in [1.807, 2.05) is 6.92 Å². The standard InChI is InChI=1S/C17H22N2O4/c1-5-6-13(20)11-7-8-14-12(9-11)19(10-15(21)18-4)16(22)17(2,3)23-14/h7-9H,5-6,10H2,1-4H3,(H,18,21). The molecule has 124 valence electrons. The van der Waals surface area contributed by atoms with E-state index in [-0.39, 0.29) is 24.1 Å². The number of likely N-dealkylation sites (N-methyl/N-ethyl adjacent to an activating group) is 1. The highest BCUT2D eigenvalue weighted by Crippen LogP contribution is 2.38. The minimum Gasteiger partial charge on any atom is -0.476 e. The maximum Gasteiger partial charge on any atom is 0.271 e. The molecule has 0 aliphatic carbocycles. The van der Waals surface area contributed by atoms with Gasteiger partial charge in [-0.05, 0) is 38.5 Å². The third-order valence-electron chi connectivity index (χ3n) is 3.75. The number of ether oxygens (including phenoxy) is 1. The maximum atomic E-state index is 12.6. The Morgan fingerprint density at radius 3 is 2.61 bits per heavy atom. The third-order valence-corrected chi connectivity index (χ3v) is 3.75. The fraction of sp³-hybridized carbons (Fsp3) is 0.471. The molecule has 1 aromatic rings. The highest BCUT2D eigenvalue weighted by molar-refractivity contribution is 6.07. The Morgan fingerprint density at radius 1 is 1.30 bits per heavy atom. The summed E-state index contributed by atoms with van der Waals surface area (Å²) in [7, 11) is 1.51. The van der Waals surface area contributed by atoms with Crippen molar-refractivity contribution in [3.05, 3.63) is 23.8 Å². The molecule has 6 heteroatoms. The zero-order valence-electron chi connectivity index (χ0n) is 13.9. The molecule has 0 aromatic heterocycles. The lowest BCUT2D eigenvalue weighted by atomic mass is 10.0. The van der Waals surface area contributed by atoms with Crippen molar-refractivity contribution in [1.29, 1.82) is 0 Å². The summed E-state index contributed by atoms with van der Waals surface area (Å²) in [6.45, 7) is 5.14. The average molecular weight is 318 g/mol. The van der Waals surface area contributed by atoms with Gasteiger partial charge in [0.1, 0.15) is 12.3 Å². The van der Waals surface area contributed by atoms with Crippen LogP contribution in [0.25, 0.3) is 0 Å². The van der Waals surface area contributed by atoms with Crippen LogP contribution in [0.3, 0.4) is 0 Å². The van der Waals surface area contributed by atoms with Crippen molar-refractivity contribution in [2.24, 2.45) is 0 Å². The van der Waals surface area contributed by atoms with Gasteiger partial charge in [0.2, 0.25) is 5.91 Å². The van der Waals surface area contributed by atoms with E-state index in [1.165, 1.54) is 11.9 Å². The number of hydrogen-bond acceptors (Lipinski definition) is 4. The number of amides is 2. The first kappa shape index (κ1) is 17.0. The van der Waals surface area contributed by atoms with E-state index in [9.17, 15) is 14.4 Å². The fourth-order valence-electron chi connectivity index (χ4n) is 2.49. The molecule has 1 heterocycles. The van der Waals surface area contributed by atoms with Gasteiger partial charge in [0.25, 0.3) is 5.91 Å². The van der Waals surface area contributed by atoms with E-state index >= 15 is 0 Å². The molecule has 2 rings (SSSR count). The number of nitrogens with zero attached hydrogens (tertiary/aromatic N) is 1. The maximum absolute atomic E-state index is 12.6. The van der Waals surface area contributed by atoms with E-state index < -0.39 is 5.60 Å². The first-order valence-corrected chi connectivity index (χ1v) is 7.69. The summed E-state index contributed by atoms with van der Waals surface area (Å²) in [4.78, 5) is 37.8. The number of anilines is 1. The van der Waals surface area contributed by atoms with Crippen LogP contribution in [0.5, 0.6) is 5.75 Å². The van der Waals surface area contributed by atoms with Crippen molar-refractivity contribution >= 4 is 23.3 Å². The average Bonchev–Trinajstić information content (AvgIpc) is 2.51. The van der Waals surface area contributed by atoms with Gasteiger partial charge >= 0.3 is 0 Å². The second-order valence-electron chi connectivity index (χ2n) is 6.03. The SMILES string of the molecule is CCCC(=O)c1ccc2c(c1)N(CC(=O)NC)C(=O)C(C)(C)O2. The van der Waals surface area contributed by atoms with Crippen molar-refractivity contribution in [2.45, 2.75) is 39.2 Å². The second kappa shape index (κ2) is 6.40. The third kappa shape index (κ3) is 3.36. The van der Waals surface area contributed by atoms with E-state index in [0.29, 0.717) is 23.4 Å². The van der Waals surface area contributed by atoms with Crippen molar-refractivity contribution in [1.82, 2.24) is 5.32 Å². The summed E-state index contributed by atoms with van der Waals surface area (Å²) in [5.41, 5.74) is -0.0841. The molecule has 0 unspecified atom stereocenters. The number of carbonyl (C=O) groups is 3. The minimum absolute atomic E-state index is 0.00692. The molecule has 6 nitrogen and oxygen atoms in total. The number of carbonyl (C=O) groups excluding carboxylic acids is 3. The van der Waals surface area contributed by atoms with E-state index in [1.54, 1.807) is 32.0 Å². The van der Waals surface area contributed by atoms with Crippen LogP contribution in [0, 0.1) is 0 Å². The molecule has 0 saturated heterocycles. The smallest absolute Gasteiger partial charge is 0.271 e. The highest BCUT2D eigenvalue weighted by atomic mass is 16.5. The van der Waals surface area contributed by atoms with Crippen molar-refractivity contribution < 1.29 is 19.1 Å². The molecule has 0 fully saturated rings. The van der Waals surface area contributed by atoms with Gasteiger partial charge in [-0.25, -0.2) is 0 Å². The van der Waals surface area contributed by atoms with Crippen LogP contribution in [0.2, 0.25) is 0 Å². The van der Waals surface area contributed by atoms with Crippen LogP contribution in [-0.4, -0.2) is 36.8 Å². The molecule has 0 saturated carbocycles. The topological polar surface area (TPSA) is 75.7 Å². The summed E-state index contributed by atoms with van der Waals surface area (Å²) in [6.07, 6.45) is 1.19. The van der Waals surface area contributed by atoms with E-state index in [4.69, 9.17) is 4.74 Å². The van der Waals surface area contributed by atoms with Crippen LogP contribution in [0.4, 0.5) is 5.69 Å². The summed E-state index contributed by atoms with van der Waals surface area (Å²) in [6, 6.07) is 5.01. The van der Waals surface area contributed by atoms with Crippen molar-refractivity contribution in [3.8, 4) is 5.75 Å². The lowest BCUT2D eigenvalue weighted by Crippen LogP contribution is -2.54. The summed E-state index contributed by atoms with van der Waals surface area (Å²) < 4.78 is 5.74. The Balaban J connectivity index is 2.46. The normalized spacial score (nSPS) is 15.7. The Kier molecular flexibility index (Phi) is 4.73. The first-order chi connectivity index (χ1) is 10.8. The largest absolute Gasteiger partial charge is 0.476 e. The number of benzene rings is 1. The Hall–Kier alpha value is -2.37. The van der Waals surface area contributed by atoms with Crippen molar-refractivity contribution in [3.63, 3.8) is 0 Å². The number of hydrogen-bond donors (Lipinski definition) is 1. The number of fused-ring (bicyclic) bond motifs is 1. The summed E-state index contributed by atoms with van der Waals surface area (Å²) in [5.74, 6) is -0.0972. The van der Waals surface area contributed by atoms with Gasteiger partial charge in [0.05, 0.1) is 5.69 Å². The minimum atomic E-state index is -1.06. The van der Waals surface area contributed by atoms with Gasteiger partial charge in [-0.1, -0.05) is 6.92 Å². The monoisotopic (exact) mass is 318 g/mol. The molecule has 1 aromatic carbocycles. The molecule has 1 N–H and O–H groups in total. The number of rotatable bonds is 5. The summed E-state index contributed by atoms with van der Waals surface area (Å²) >= 11 is 0. The highest BCUT2D eigenvalue weighted by Gasteiger charge is 2.41. The van der Waals surface area contributed by atoms with Crippen LogP contribution >= 0.6 is 0 Å². The second-order valence-corrected chi connectivity index (χ2v) is 6.03. The zero-order chi connectivity index (χ0) is 17.2. The van der Waals surface area contributed by atoms with Gasteiger partial charge in [-0.3, -0.25) is 19.3 Å². The Morgan fingerprint density at radius 2 is 2.00 bits per heavy atom. The van der Waals surface area contributed by atoms with Gasteiger partial charge in [0, 0.05) is 19.0 Å². The van der Waals surface area contributed by atoms with E-state index in [0.717, 1.165) is 6.42 Å². The molecule has 0 bridgehead atoms. The zero-order valence-corrected chi connectivity index (χ0v) is 13.9. The van der Waals surface area contributed by atoms with E-state index in [2.05, 4.69) is 5.32 Å². The van der Waals surface area contributed by atoms with Gasteiger partial charge < -0.3 is 10.1 Å². The molecule has 23 heavy (non-hydrogen) atoms. The fourth-order valence-corrected chi connectivity index (χ4v) is 2.49. The lowest BCUT2D eigenvalue weighted by molar-refractivity contribution is -0.134. The first-order valence-electron chi connectivity index (χ1n) is 7.69. The molecule has 0 spiro atoms. The van der Waals surface area contributed by atoms with Crippen LogP contribution in [-0.2, 0) is 9.59 Å². The van der Waals surface area contributed by atoms with Crippen LogP contribution in [0.1, 0.15) is 44.0 Å². The van der Waals surface area contributed by atoms with Crippen LogP contribution in [0.15, 0.2) is 18.2 Å². The van der Waals surface area contributed by atoms with Gasteiger partial charge in [0.15, 0.2) is 11.4 Å². The Bertz CT molecular complexity index is 652. The molecule has 1 aliphatic heterocycles. The van der Waals surface area contributed by atoms with Crippen LogP contribution < -0.4 is 15.0 Å². The molecule has 0 radical (unpaired) electrons. The predicted molar refractivity (Wildman–Crippen MR) is 86.8 cm³/mol. The molecule has 2 amide bonds.